The van der Waals surface area contributed by atoms with Crippen molar-refractivity contribution < 1.29 is 9.21 Å². The highest BCUT2D eigenvalue weighted by molar-refractivity contribution is 14.1. The van der Waals surface area contributed by atoms with Gasteiger partial charge in [-0.05, 0) is 60.2 Å². The summed E-state index contributed by atoms with van der Waals surface area (Å²) in [6.07, 6.45) is 0. The van der Waals surface area contributed by atoms with Gasteiger partial charge in [-0.1, -0.05) is 12.1 Å². The van der Waals surface area contributed by atoms with Crippen molar-refractivity contribution in [2.75, 3.05) is 0 Å². The molecule has 0 fully saturated rings. The van der Waals surface area contributed by atoms with Gasteiger partial charge in [-0.15, -0.1) is 0 Å². The van der Waals surface area contributed by atoms with Crippen LogP contribution in [0.15, 0.2) is 34.7 Å². The molecule has 3 nitrogen and oxygen atoms in total. The van der Waals surface area contributed by atoms with Crippen LogP contribution in [0.2, 0.25) is 0 Å². The first-order valence-electron chi connectivity index (χ1n) is 5.66. The Morgan fingerprint density at radius 1 is 1.28 bits per heavy atom. The maximum Gasteiger partial charge on any atom is 0.252 e. The second-order valence-electron chi connectivity index (χ2n) is 4.13. The van der Waals surface area contributed by atoms with Gasteiger partial charge < -0.3 is 9.73 Å². The second-order valence-corrected chi connectivity index (χ2v) is 5.21. The van der Waals surface area contributed by atoms with Crippen LogP contribution in [0.1, 0.15) is 27.4 Å². The summed E-state index contributed by atoms with van der Waals surface area (Å²) in [6, 6.07) is 9.48. The molecule has 0 saturated heterocycles. The van der Waals surface area contributed by atoms with E-state index in [2.05, 4.69) is 27.9 Å². The van der Waals surface area contributed by atoms with E-state index >= 15 is 0 Å². The molecule has 1 aromatic heterocycles. The van der Waals surface area contributed by atoms with Crippen LogP contribution in [0.5, 0.6) is 0 Å². The van der Waals surface area contributed by atoms with Crippen LogP contribution in [-0.4, -0.2) is 5.91 Å². The SMILES string of the molecule is Cc1ccc(CNC(=O)c2cccc(C)c2I)o1. The first-order chi connectivity index (χ1) is 8.58. The first kappa shape index (κ1) is 13.1. The number of hydrogen-bond donors (Lipinski definition) is 1. The molecule has 0 saturated carbocycles. The number of carbonyl (C=O) groups excluding carboxylic acids is 1. The predicted molar refractivity (Wildman–Crippen MR) is 78.5 cm³/mol. The highest BCUT2D eigenvalue weighted by Crippen LogP contribution is 2.16. The lowest BCUT2D eigenvalue weighted by atomic mass is 10.1. The van der Waals surface area contributed by atoms with Gasteiger partial charge >= 0.3 is 0 Å². The first-order valence-corrected chi connectivity index (χ1v) is 6.74. The Bertz CT molecular complexity index is 575. The minimum Gasteiger partial charge on any atom is -0.465 e. The fourth-order valence-electron chi connectivity index (χ4n) is 1.67. The Labute approximate surface area is 120 Å². The average molecular weight is 355 g/mol. The Kier molecular flexibility index (Phi) is 4.06. The molecule has 0 radical (unpaired) electrons. The number of nitrogens with one attached hydrogen (secondary N) is 1. The third kappa shape index (κ3) is 2.93. The van der Waals surface area contributed by atoms with Crippen molar-refractivity contribution in [3.63, 3.8) is 0 Å². The minimum absolute atomic E-state index is 0.0721. The molecule has 1 heterocycles. The van der Waals surface area contributed by atoms with Gasteiger partial charge in [0, 0.05) is 3.57 Å². The van der Waals surface area contributed by atoms with Crippen LogP contribution in [0.25, 0.3) is 0 Å². The van der Waals surface area contributed by atoms with Crippen molar-refractivity contribution in [1.82, 2.24) is 5.32 Å². The summed E-state index contributed by atoms with van der Waals surface area (Å²) in [5.41, 5.74) is 1.82. The van der Waals surface area contributed by atoms with Crippen molar-refractivity contribution in [3.8, 4) is 0 Å². The van der Waals surface area contributed by atoms with Gasteiger partial charge in [-0.3, -0.25) is 4.79 Å². The van der Waals surface area contributed by atoms with Crippen molar-refractivity contribution in [1.29, 1.82) is 0 Å². The van der Waals surface area contributed by atoms with E-state index in [0.717, 1.165) is 20.7 Å². The Hall–Kier alpha value is -1.30. The van der Waals surface area contributed by atoms with Crippen molar-refractivity contribution >= 4 is 28.5 Å². The summed E-state index contributed by atoms with van der Waals surface area (Å²) < 4.78 is 6.40. The van der Waals surface area contributed by atoms with Gasteiger partial charge in [0.05, 0.1) is 12.1 Å². The maximum absolute atomic E-state index is 12.0. The summed E-state index contributed by atoms with van der Waals surface area (Å²) >= 11 is 2.19. The number of benzene rings is 1. The molecule has 0 aliphatic carbocycles. The summed E-state index contributed by atoms with van der Waals surface area (Å²) in [4.78, 5) is 12.0. The molecule has 0 atom stereocenters. The summed E-state index contributed by atoms with van der Waals surface area (Å²) in [5.74, 6) is 1.55. The van der Waals surface area contributed by atoms with E-state index in [1.54, 1.807) is 0 Å². The largest absolute Gasteiger partial charge is 0.465 e. The molecule has 0 aliphatic rings. The zero-order valence-electron chi connectivity index (χ0n) is 10.3. The van der Waals surface area contributed by atoms with Crippen molar-refractivity contribution in [2.24, 2.45) is 0 Å². The number of furan rings is 1. The highest BCUT2D eigenvalue weighted by Gasteiger charge is 2.11. The molecule has 2 aromatic rings. The van der Waals surface area contributed by atoms with E-state index in [4.69, 9.17) is 4.42 Å². The van der Waals surface area contributed by atoms with Gasteiger partial charge in [0.15, 0.2) is 0 Å². The number of aryl methyl sites for hydroxylation is 2. The maximum atomic E-state index is 12.0. The molecule has 4 heteroatoms. The molecule has 2 rings (SSSR count). The Morgan fingerprint density at radius 3 is 2.72 bits per heavy atom. The number of carbonyl (C=O) groups is 1. The van der Waals surface area contributed by atoms with Gasteiger partial charge in [0.2, 0.25) is 0 Å². The van der Waals surface area contributed by atoms with Gasteiger partial charge in [0.25, 0.3) is 5.91 Å². The molecule has 0 spiro atoms. The smallest absolute Gasteiger partial charge is 0.252 e. The molecular formula is C14H14INO2. The predicted octanol–water partition coefficient (Wildman–Crippen LogP) is 3.43. The van der Waals surface area contributed by atoms with Crippen molar-refractivity contribution in [3.05, 3.63) is 56.5 Å². The molecule has 94 valence electrons. The normalized spacial score (nSPS) is 10.4. The van der Waals surface area contributed by atoms with E-state index in [-0.39, 0.29) is 5.91 Å². The minimum atomic E-state index is -0.0721. The third-order valence-electron chi connectivity index (χ3n) is 2.66. The molecular weight excluding hydrogens is 341 g/mol. The van der Waals surface area contributed by atoms with Gasteiger partial charge in [-0.2, -0.15) is 0 Å². The van der Waals surface area contributed by atoms with Crippen molar-refractivity contribution in [2.45, 2.75) is 20.4 Å². The van der Waals surface area contributed by atoms with E-state index in [0.29, 0.717) is 12.1 Å². The van der Waals surface area contributed by atoms with Crippen LogP contribution in [-0.2, 0) is 6.54 Å². The van der Waals surface area contributed by atoms with Crippen LogP contribution in [0.4, 0.5) is 0 Å². The summed E-state index contributed by atoms with van der Waals surface area (Å²) in [6.45, 7) is 4.29. The van der Waals surface area contributed by atoms with Crippen LogP contribution < -0.4 is 5.32 Å². The monoisotopic (exact) mass is 355 g/mol. The topological polar surface area (TPSA) is 42.2 Å². The van der Waals surface area contributed by atoms with E-state index in [1.807, 2.05) is 44.2 Å². The quantitative estimate of drug-likeness (QED) is 0.858. The second kappa shape index (κ2) is 5.56. The number of amides is 1. The van der Waals surface area contributed by atoms with Crippen LogP contribution in [0, 0.1) is 17.4 Å². The number of halogens is 1. The van der Waals surface area contributed by atoms with Gasteiger partial charge in [-0.25, -0.2) is 0 Å². The molecule has 1 amide bonds. The molecule has 18 heavy (non-hydrogen) atoms. The van der Waals surface area contributed by atoms with E-state index in [9.17, 15) is 4.79 Å². The standard InChI is InChI=1S/C14H14INO2/c1-9-4-3-5-12(13(9)15)14(17)16-8-11-7-6-10(2)18-11/h3-7H,8H2,1-2H3,(H,16,17). The lowest BCUT2D eigenvalue weighted by molar-refractivity contribution is 0.0947. The molecule has 0 aliphatic heterocycles. The number of rotatable bonds is 3. The van der Waals surface area contributed by atoms with E-state index in [1.165, 1.54) is 0 Å². The van der Waals surface area contributed by atoms with Crippen LogP contribution >= 0.6 is 22.6 Å². The zero-order valence-corrected chi connectivity index (χ0v) is 12.4. The fourth-order valence-corrected chi connectivity index (χ4v) is 2.27. The molecule has 0 bridgehead atoms. The summed E-state index contributed by atoms with van der Waals surface area (Å²) in [7, 11) is 0. The fraction of sp³-hybridized carbons (Fsp3) is 0.214. The zero-order chi connectivity index (χ0) is 13.1. The van der Waals surface area contributed by atoms with E-state index < -0.39 is 0 Å². The van der Waals surface area contributed by atoms with Crippen LogP contribution in [0.3, 0.4) is 0 Å². The van der Waals surface area contributed by atoms with Gasteiger partial charge in [0.1, 0.15) is 11.5 Å². The summed E-state index contributed by atoms with van der Waals surface area (Å²) in [5, 5.41) is 2.86. The average Bonchev–Trinajstić information content (AvgIpc) is 2.76. The Morgan fingerprint density at radius 2 is 2.06 bits per heavy atom. The molecule has 0 unspecified atom stereocenters. The lowest BCUT2D eigenvalue weighted by Crippen LogP contribution is -2.23. The number of hydrogen-bond acceptors (Lipinski definition) is 2. The molecule has 1 aromatic carbocycles. The lowest BCUT2D eigenvalue weighted by Gasteiger charge is -2.07. The molecule has 1 N–H and O–H groups in total. The highest BCUT2D eigenvalue weighted by atomic mass is 127. The third-order valence-corrected chi connectivity index (χ3v) is 4.09. The Balaban J connectivity index is 2.06.